The summed E-state index contributed by atoms with van der Waals surface area (Å²) in [4.78, 5) is 78.7. The van der Waals surface area contributed by atoms with E-state index in [9.17, 15) is 33.2 Å². The summed E-state index contributed by atoms with van der Waals surface area (Å²) in [6.07, 6.45) is -2.06. The van der Waals surface area contributed by atoms with E-state index in [0.717, 1.165) is 22.2 Å². The minimum absolute atomic E-state index is 0.0273. The molecule has 2 fully saturated rings. The molecule has 0 amide bonds. The van der Waals surface area contributed by atoms with Crippen molar-refractivity contribution in [3.63, 3.8) is 0 Å². The fourth-order valence-electron chi connectivity index (χ4n) is 7.77. The molecule has 0 aliphatic carbocycles. The maximum absolute atomic E-state index is 14.3. The number of esters is 3. The first-order chi connectivity index (χ1) is 26.0. The molecule has 3 aliphatic rings. The number of H-pyrrole nitrogens is 1. The summed E-state index contributed by atoms with van der Waals surface area (Å²) in [7, 11) is 0. The zero-order valence-corrected chi connectivity index (χ0v) is 31.6. The van der Waals surface area contributed by atoms with Gasteiger partial charge in [0.2, 0.25) is 5.82 Å². The summed E-state index contributed by atoms with van der Waals surface area (Å²) in [5.74, 6) is -4.12. The minimum Gasteiger partial charge on any atom is -0.466 e. The molecule has 55 heavy (non-hydrogen) atoms. The first kappa shape index (κ1) is 39.8. The zero-order chi connectivity index (χ0) is 39.8. The van der Waals surface area contributed by atoms with Crippen LogP contribution < -0.4 is 21.8 Å². The largest absolute Gasteiger partial charge is 0.466 e. The van der Waals surface area contributed by atoms with Crippen molar-refractivity contribution in [3.05, 3.63) is 72.6 Å². The Morgan fingerprint density at radius 1 is 0.964 bits per heavy atom. The molecule has 0 saturated carbocycles. The van der Waals surface area contributed by atoms with Crippen LogP contribution in [0, 0.1) is 5.82 Å². The number of anilines is 1. The Hall–Kier alpha value is -4.87. The molecule has 16 nitrogen and oxygen atoms in total. The topological polar surface area (TPSA) is 195 Å². The van der Waals surface area contributed by atoms with Gasteiger partial charge in [-0.3, -0.25) is 23.9 Å². The highest BCUT2D eigenvalue weighted by molar-refractivity contribution is 5.94. The molecule has 1 unspecified atom stereocenters. The van der Waals surface area contributed by atoms with Gasteiger partial charge in [0.25, 0.3) is 5.56 Å². The van der Waals surface area contributed by atoms with Crippen molar-refractivity contribution in [1.29, 1.82) is 0 Å². The van der Waals surface area contributed by atoms with E-state index in [0.29, 0.717) is 30.1 Å². The molecule has 5 heterocycles. The molecule has 0 spiro atoms. The van der Waals surface area contributed by atoms with Crippen molar-refractivity contribution >= 4 is 34.6 Å². The lowest BCUT2D eigenvalue weighted by molar-refractivity contribution is -0.216. The number of aromatic nitrogens is 2. The smallest absolute Gasteiger partial charge is 0.351 e. The Kier molecular flexibility index (Phi) is 11.4. The molecule has 298 valence electrons. The molecule has 6 rings (SSSR count). The minimum atomic E-state index is -1.32. The standard InChI is InChI=1S/C38H46FN3O13/c1-7-49-29(44)11-12-38(6)54-30-27(52-33(31(30)55-38)41-18-24(39)32(45)40-36(41)48)19-51-28(43)10-9-13-42-25-16-26-21(14-22(25)20(3)17-37(42,4)5)15-23(35(47)53-26)34(46)50-8-2/h14-16,18,20,27,30-31,33H,7-13,17,19H2,1-6H3,(H,40,45,48)/t20?,27-,30-,31-,33-,38-/m1/s1. The van der Waals surface area contributed by atoms with Gasteiger partial charge in [-0.1, -0.05) is 6.92 Å². The normalized spacial score (nSPS) is 25.4. The summed E-state index contributed by atoms with van der Waals surface area (Å²) in [5, 5.41) is 0.599. The van der Waals surface area contributed by atoms with Gasteiger partial charge in [0.05, 0.1) is 25.8 Å². The summed E-state index contributed by atoms with van der Waals surface area (Å²) >= 11 is 0. The van der Waals surface area contributed by atoms with Crippen LogP contribution in [-0.4, -0.2) is 83.5 Å². The first-order valence-electron chi connectivity index (χ1n) is 18.4. The molecule has 0 radical (unpaired) electrons. The van der Waals surface area contributed by atoms with Crippen molar-refractivity contribution in [3.8, 4) is 0 Å². The molecular formula is C38H46FN3O13. The van der Waals surface area contributed by atoms with Gasteiger partial charge < -0.3 is 37.7 Å². The molecule has 1 aromatic carbocycles. The highest BCUT2D eigenvalue weighted by Crippen LogP contribution is 2.46. The second-order valence-electron chi connectivity index (χ2n) is 14.8. The van der Waals surface area contributed by atoms with Gasteiger partial charge in [-0.15, -0.1) is 0 Å². The fraction of sp³-hybridized carbons (Fsp3) is 0.579. The predicted molar refractivity (Wildman–Crippen MR) is 192 cm³/mol. The van der Waals surface area contributed by atoms with E-state index < -0.39 is 70.9 Å². The van der Waals surface area contributed by atoms with E-state index in [1.807, 2.05) is 11.1 Å². The lowest BCUT2D eigenvalue weighted by Gasteiger charge is -2.47. The van der Waals surface area contributed by atoms with E-state index >= 15 is 0 Å². The monoisotopic (exact) mass is 771 g/mol. The van der Waals surface area contributed by atoms with Crippen LogP contribution in [0.15, 0.2) is 43.2 Å². The number of hydrogen-bond acceptors (Lipinski definition) is 14. The predicted octanol–water partition coefficient (Wildman–Crippen LogP) is 3.82. The zero-order valence-electron chi connectivity index (χ0n) is 31.6. The van der Waals surface area contributed by atoms with E-state index in [1.165, 1.54) is 6.07 Å². The van der Waals surface area contributed by atoms with Gasteiger partial charge in [-0.2, -0.15) is 4.39 Å². The number of halogens is 1. The van der Waals surface area contributed by atoms with Gasteiger partial charge in [-0.05, 0) is 71.1 Å². The van der Waals surface area contributed by atoms with Crippen molar-refractivity contribution in [2.24, 2.45) is 0 Å². The van der Waals surface area contributed by atoms with Crippen molar-refractivity contribution in [1.82, 2.24) is 9.55 Å². The molecule has 2 aromatic heterocycles. The Balaban J connectivity index is 1.14. The molecule has 3 aromatic rings. The Labute approximate surface area is 314 Å². The Morgan fingerprint density at radius 2 is 1.67 bits per heavy atom. The van der Waals surface area contributed by atoms with Crippen molar-refractivity contribution in [2.75, 3.05) is 31.3 Å². The number of carbonyl (C=O) groups excluding carboxylic acids is 3. The number of benzene rings is 1. The van der Waals surface area contributed by atoms with Crippen molar-refractivity contribution in [2.45, 2.75) is 115 Å². The SMILES string of the molecule is CCOC(=O)CC[C@@]1(C)O[C@@H]2[C@H](O1)[C@@H](COC(=O)CCCN1c3cc4oc(=O)c(C(=O)OCC)cc4cc3C(C)CC1(C)C)O[C@H]2n1cc(F)c(=O)[nH]c1=O. The van der Waals surface area contributed by atoms with Crippen molar-refractivity contribution < 1.29 is 51.6 Å². The van der Waals surface area contributed by atoms with Gasteiger partial charge in [0, 0.05) is 42.1 Å². The molecule has 0 bridgehead atoms. The number of hydrogen-bond donors (Lipinski definition) is 1. The van der Waals surface area contributed by atoms with Crippen LogP contribution in [0.3, 0.4) is 0 Å². The number of nitrogens with zero attached hydrogens (tertiary/aromatic N) is 2. The van der Waals surface area contributed by atoms with E-state index in [1.54, 1.807) is 26.8 Å². The molecular weight excluding hydrogens is 725 g/mol. The molecule has 3 aliphatic heterocycles. The van der Waals surface area contributed by atoms with Crippen LogP contribution in [0.4, 0.5) is 10.1 Å². The molecule has 17 heteroatoms. The third-order valence-electron chi connectivity index (χ3n) is 10.2. The second-order valence-corrected chi connectivity index (χ2v) is 14.8. The molecule has 6 atom stereocenters. The highest BCUT2D eigenvalue weighted by Gasteiger charge is 2.58. The van der Waals surface area contributed by atoms with Gasteiger partial charge in [-0.25, -0.2) is 14.4 Å². The van der Waals surface area contributed by atoms with Crippen LogP contribution in [0.1, 0.15) is 102 Å². The van der Waals surface area contributed by atoms with Crippen LogP contribution in [0.25, 0.3) is 11.0 Å². The van der Waals surface area contributed by atoms with E-state index in [4.69, 9.17) is 32.8 Å². The number of ether oxygens (including phenoxy) is 6. The average molecular weight is 772 g/mol. The van der Waals surface area contributed by atoms with Gasteiger partial charge >= 0.3 is 29.2 Å². The Bertz CT molecular complexity index is 2140. The number of carbonyl (C=O) groups is 3. The quantitative estimate of drug-likeness (QED) is 0.150. The molecule has 1 N–H and O–H groups in total. The third kappa shape index (κ3) is 8.23. The highest BCUT2D eigenvalue weighted by atomic mass is 19.1. The van der Waals surface area contributed by atoms with Crippen LogP contribution in [-0.2, 0) is 38.0 Å². The van der Waals surface area contributed by atoms with E-state index in [2.05, 4.69) is 25.7 Å². The number of fused-ring (bicyclic) bond motifs is 3. The maximum Gasteiger partial charge on any atom is 0.351 e. The number of rotatable bonds is 13. The lowest BCUT2D eigenvalue weighted by atomic mass is 9.79. The second kappa shape index (κ2) is 15.7. The summed E-state index contributed by atoms with van der Waals surface area (Å²) in [6, 6.07) is 5.21. The number of nitrogens with one attached hydrogen (secondary N) is 1. The van der Waals surface area contributed by atoms with Crippen LogP contribution in [0.5, 0.6) is 0 Å². The summed E-state index contributed by atoms with van der Waals surface area (Å²) < 4.78 is 54.8. The first-order valence-corrected chi connectivity index (χ1v) is 18.4. The number of aromatic amines is 1. The summed E-state index contributed by atoms with van der Waals surface area (Å²) in [6.45, 7) is 11.8. The van der Waals surface area contributed by atoms with Crippen LogP contribution in [0.2, 0.25) is 0 Å². The average Bonchev–Trinajstić information content (AvgIpc) is 3.63. The third-order valence-corrected chi connectivity index (χ3v) is 10.2. The van der Waals surface area contributed by atoms with Gasteiger partial charge in [0.15, 0.2) is 12.0 Å². The van der Waals surface area contributed by atoms with Gasteiger partial charge in [0.1, 0.15) is 36.1 Å². The lowest BCUT2D eigenvalue weighted by Crippen LogP contribution is -2.48. The maximum atomic E-state index is 14.3. The Morgan fingerprint density at radius 3 is 2.40 bits per heavy atom. The molecule has 2 saturated heterocycles. The van der Waals surface area contributed by atoms with Crippen LogP contribution >= 0.6 is 0 Å². The fourth-order valence-corrected chi connectivity index (χ4v) is 7.77. The summed E-state index contributed by atoms with van der Waals surface area (Å²) in [5.41, 5.74) is -1.24. The van der Waals surface area contributed by atoms with E-state index in [-0.39, 0.29) is 56.1 Å².